The minimum absolute atomic E-state index is 0.393. The average molecular weight is 331 g/mol. The number of hydrogen-bond acceptors (Lipinski definition) is 5. The molecule has 2 N–H and O–H groups in total. The third-order valence-electron chi connectivity index (χ3n) is 3.65. The second-order valence-corrected chi connectivity index (χ2v) is 5.52. The lowest BCUT2D eigenvalue weighted by molar-refractivity contribution is -0.142. The number of nitrogens with one attached hydrogen (secondary N) is 1. The Hall–Kier alpha value is -2.77. The monoisotopic (exact) mass is 331 g/mol. The zero-order chi connectivity index (χ0) is 17.5. The number of carbonyl (C=O) groups excluding carboxylic acids is 1. The summed E-state index contributed by atoms with van der Waals surface area (Å²) in [4.78, 5) is 24.7. The van der Waals surface area contributed by atoms with E-state index in [1.807, 2.05) is 37.3 Å². The first kappa shape index (κ1) is 17.6. The summed E-state index contributed by atoms with van der Waals surface area (Å²) in [7, 11) is 0. The molecule has 0 saturated heterocycles. The molecule has 2 atom stereocenters. The Morgan fingerprint density at radius 2 is 2.00 bits per heavy atom. The highest BCUT2D eigenvalue weighted by atomic mass is 16.4. The van der Waals surface area contributed by atoms with Gasteiger partial charge in [-0.3, -0.25) is 4.79 Å². The lowest BCUT2D eigenvalue weighted by atomic mass is 10.1. The molecule has 24 heavy (non-hydrogen) atoms. The Morgan fingerprint density at radius 3 is 2.62 bits per heavy atom. The van der Waals surface area contributed by atoms with Crippen molar-refractivity contribution in [3.63, 3.8) is 0 Å². The lowest BCUT2D eigenvalue weighted by Crippen LogP contribution is -2.43. The van der Waals surface area contributed by atoms with Crippen molar-refractivity contribution in [3.8, 4) is 11.4 Å². The molecule has 0 bridgehead atoms. The van der Waals surface area contributed by atoms with E-state index in [9.17, 15) is 14.7 Å². The third kappa shape index (κ3) is 4.37. The molecule has 0 fully saturated rings. The van der Waals surface area contributed by atoms with E-state index in [0.717, 1.165) is 18.4 Å². The number of rotatable bonds is 8. The second kappa shape index (κ2) is 8.19. The van der Waals surface area contributed by atoms with Crippen LogP contribution in [-0.4, -0.2) is 43.2 Å². The number of carboxylic acid groups (broad SMARTS) is 1. The topological polar surface area (TPSA) is 110 Å². The van der Waals surface area contributed by atoms with E-state index < -0.39 is 24.0 Å². The number of hydrogen-bond donors (Lipinski definition) is 2. The minimum atomic E-state index is -1.04. The van der Waals surface area contributed by atoms with Crippen molar-refractivity contribution in [2.45, 2.75) is 45.2 Å². The van der Waals surface area contributed by atoms with Crippen LogP contribution >= 0.6 is 0 Å². The van der Waals surface area contributed by atoms with Gasteiger partial charge in [0.15, 0.2) is 0 Å². The SMILES string of the molecule is CCCC[C@H](NC(=O)C(C)n1nnc(-c2ccccc2)n1)C(=O)O. The first-order chi connectivity index (χ1) is 11.5. The summed E-state index contributed by atoms with van der Waals surface area (Å²) in [5, 5.41) is 23.8. The van der Waals surface area contributed by atoms with E-state index >= 15 is 0 Å². The Balaban J connectivity index is 2.05. The summed E-state index contributed by atoms with van der Waals surface area (Å²) in [6.45, 7) is 3.57. The number of amides is 1. The van der Waals surface area contributed by atoms with E-state index in [1.165, 1.54) is 4.80 Å². The summed E-state index contributed by atoms with van der Waals surface area (Å²) >= 11 is 0. The fourth-order valence-corrected chi connectivity index (χ4v) is 2.15. The molecular formula is C16H21N5O3. The number of unbranched alkanes of at least 4 members (excludes halogenated alkanes) is 1. The van der Waals surface area contributed by atoms with Gasteiger partial charge in [0, 0.05) is 5.56 Å². The fourth-order valence-electron chi connectivity index (χ4n) is 2.15. The standard InChI is InChI=1S/C16H21N5O3/c1-3-4-10-13(16(23)24)17-15(22)11(2)21-19-14(18-20-21)12-8-6-5-7-9-12/h5-9,11,13H,3-4,10H2,1-2H3,(H,17,22)(H,23,24)/t11?,13-/m0/s1. The number of nitrogens with zero attached hydrogens (tertiary/aromatic N) is 4. The van der Waals surface area contributed by atoms with E-state index in [0.29, 0.717) is 12.2 Å². The number of aromatic nitrogens is 4. The predicted molar refractivity (Wildman–Crippen MR) is 87.1 cm³/mol. The molecule has 1 unspecified atom stereocenters. The van der Waals surface area contributed by atoms with Gasteiger partial charge in [0.25, 0.3) is 0 Å². The minimum Gasteiger partial charge on any atom is -0.480 e. The number of benzene rings is 1. The van der Waals surface area contributed by atoms with Crippen molar-refractivity contribution < 1.29 is 14.7 Å². The molecule has 1 amide bonds. The van der Waals surface area contributed by atoms with Gasteiger partial charge in [-0.1, -0.05) is 50.1 Å². The molecule has 0 radical (unpaired) electrons. The summed E-state index contributed by atoms with van der Waals surface area (Å²) in [6.07, 6.45) is 1.98. The first-order valence-corrected chi connectivity index (χ1v) is 7.91. The highest BCUT2D eigenvalue weighted by molar-refractivity contribution is 5.85. The maximum atomic E-state index is 12.3. The van der Waals surface area contributed by atoms with Crippen LogP contribution in [0.15, 0.2) is 30.3 Å². The number of carbonyl (C=O) groups is 2. The smallest absolute Gasteiger partial charge is 0.326 e. The van der Waals surface area contributed by atoms with Gasteiger partial charge < -0.3 is 10.4 Å². The van der Waals surface area contributed by atoms with Crippen molar-refractivity contribution >= 4 is 11.9 Å². The van der Waals surface area contributed by atoms with Crippen molar-refractivity contribution in [3.05, 3.63) is 30.3 Å². The van der Waals surface area contributed by atoms with Crippen LogP contribution in [0.4, 0.5) is 0 Å². The number of aliphatic carboxylic acids is 1. The fraction of sp³-hybridized carbons (Fsp3) is 0.438. The Morgan fingerprint density at radius 1 is 1.29 bits per heavy atom. The quantitative estimate of drug-likeness (QED) is 0.761. The highest BCUT2D eigenvalue weighted by Gasteiger charge is 2.25. The molecule has 0 aliphatic rings. The highest BCUT2D eigenvalue weighted by Crippen LogP contribution is 2.13. The van der Waals surface area contributed by atoms with Crippen LogP contribution in [0.3, 0.4) is 0 Å². The Bertz CT molecular complexity index is 686. The summed E-state index contributed by atoms with van der Waals surface area (Å²) in [5.41, 5.74) is 0.794. The Kier molecular flexibility index (Phi) is 6.00. The first-order valence-electron chi connectivity index (χ1n) is 7.91. The molecule has 8 heteroatoms. The second-order valence-electron chi connectivity index (χ2n) is 5.52. The average Bonchev–Trinajstić information content (AvgIpc) is 3.08. The molecule has 8 nitrogen and oxygen atoms in total. The molecule has 0 saturated carbocycles. The van der Waals surface area contributed by atoms with E-state index in [4.69, 9.17) is 0 Å². The molecular weight excluding hydrogens is 310 g/mol. The summed E-state index contributed by atoms with van der Waals surface area (Å²) in [5.74, 6) is -1.08. The zero-order valence-corrected chi connectivity index (χ0v) is 13.7. The van der Waals surface area contributed by atoms with Gasteiger partial charge in [0.05, 0.1) is 0 Å². The molecule has 1 aromatic heterocycles. The van der Waals surface area contributed by atoms with Gasteiger partial charge in [-0.15, -0.1) is 10.2 Å². The van der Waals surface area contributed by atoms with E-state index in [1.54, 1.807) is 6.92 Å². The van der Waals surface area contributed by atoms with Crippen LogP contribution in [0.25, 0.3) is 11.4 Å². The van der Waals surface area contributed by atoms with Crippen molar-refractivity contribution in [1.29, 1.82) is 0 Å². The Labute approximate surface area is 139 Å². The van der Waals surface area contributed by atoms with Crippen molar-refractivity contribution in [2.24, 2.45) is 0 Å². The van der Waals surface area contributed by atoms with Crippen LogP contribution in [0.5, 0.6) is 0 Å². The molecule has 1 aromatic carbocycles. The maximum Gasteiger partial charge on any atom is 0.326 e. The largest absolute Gasteiger partial charge is 0.480 e. The third-order valence-corrected chi connectivity index (χ3v) is 3.65. The van der Waals surface area contributed by atoms with Crippen LogP contribution in [0.1, 0.15) is 39.2 Å². The molecule has 0 aliphatic carbocycles. The zero-order valence-electron chi connectivity index (χ0n) is 13.7. The molecule has 1 heterocycles. The molecule has 2 aromatic rings. The van der Waals surface area contributed by atoms with E-state index in [-0.39, 0.29) is 0 Å². The molecule has 0 aliphatic heterocycles. The van der Waals surface area contributed by atoms with Gasteiger partial charge in [0.1, 0.15) is 12.1 Å². The summed E-state index contributed by atoms with van der Waals surface area (Å²) < 4.78 is 0. The van der Waals surface area contributed by atoms with Crippen molar-refractivity contribution in [1.82, 2.24) is 25.5 Å². The van der Waals surface area contributed by atoms with Crippen LogP contribution in [0.2, 0.25) is 0 Å². The number of tetrazole rings is 1. The van der Waals surface area contributed by atoms with Gasteiger partial charge in [-0.2, -0.15) is 4.80 Å². The van der Waals surface area contributed by atoms with Crippen LogP contribution < -0.4 is 5.32 Å². The molecule has 0 spiro atoms. The van der Waals surface area contributed by atoms with Crippen LogP contribution in [0, 0.1) is 0 Å². The maximum absolute atomic E-state index is 12.3. The van der Waals surface area contributed by atoms with Gasteiger partial charge in [-0.05, 0) is 18.6 Å². The van der Waals surface area contributed by atoms with Gasteiger partial charge in [0.2, 0.25) is 11.7 Å². The van der Waals surface area contributed by atoms with Crippen molar-refractivity contribution in [2.75, 3.05) is 0 Å². The lowest BCUT2D eigenvalue weighted by Gasteiger charge is -2.16. The number of carboxylic acids is 1. The predicted octanol–water partition coefficient (Wildman–Crippen LogP) is 1.66. The van der Waals surface area contributed by atoms with Gasteiger partial charge in [-0.25, -0.2) is 4.79 Å². The van der Waals surface area contributed by atoms with E-state index in [2.05, 4.69) is 20.7 Å². The normalized spacial score (nSPS) is 13.2. The van der Waals surface area contributed by atoms with Crippen LogP contribution in [-0.2, 0) is 9.59 Å². The summed E-state index contributed by atoms with van der Waals surface area (Å²) in [6, 6.07) is 7.63. The molecule has 2 rings (SSSR count). The molecule has 128 valence electrons. The van der Waals surface area contributed by atoms with Gasteiger partial charge >= 0.3 is 5.97 Å².